The molecule has 0 unspecified atom stereocenters. The molecule has 0 aromatic carbocycles. The molecular weight excluding hydrogens is 318 g/mol. The van der Waals surface area contributed by atoms with E-state index in [0.29, 0.717) is 0 Å². The van der Waals surface area contributed by atoms with Gasteiger partial charge in [0.1, 0.15) is 0 Å². The molecule has 1 aliphatic rings. The lowest BCUT2D eigenvalue weighted by Gasteiger charge is -2.35. The van der Waals surface area contributed by atoms with E-state index in [1.54, 1.807) is 0 Å². The lowest BCUT2D eigenvalue weighted by atomic mass is 10.3. The van der Waals surface area contributed by atoms with Crippen molar-refractivity contribution in [2.24, 2.45) is 0 Å². The standard InChI is InChI=1S/C11H16BrN3S2/c1-13-11(16)15-6-4-14(5-7-15)8-9-2-3-10(12)17-9/h2-3H,4-8H2,1H3,(H,13,16). The summed E-state index contributed by atoms with van der Waals surface area (Å²) in [5.74, 6) is 0. The van der Waals surface area contributed by atoms with Crippen LogP contribution in [0.25, 0.3) is 0 Å². The zero-order valence-corrected chi connectivity index (χ0v) is 13.0. The van der Waals surface area contributed by atoms with Crippen molar-refractivity contribution in [1.82, 2.24) is 15.1 Å². The van der Waals surface area contributed by atoms with Crippen molar-refractivity contribution in [3.05, 3.63) is 20.8 Å². The minimum atomic E-state index is 0.864. The third-order valence-electron chi connectivity index (χ3n) is 2.88. The molecule has 1 N–H and O–H groups in total. The first kappa shape index (κ1) is 13.3. The molecule has 0 saturated carbocycles. The number of nitrogens with zero attached hydrogens (tertiary/aromatic N) is 2. The number of nitrogens with one attached hydrogen (secondary N) is 1. The highest BCUT2D eigenvalue weighted by Gasteiger charge is 2.18. The van der Waals surface area contributed by atoms with Gasteiger partial charge in [-0.2, -0.15) is 0 Å². The first-order valence-electron chi connectivity index (χ1n) is 5.62. The summed E-state index contributed by atoms with van der Waals surface area (Å²) in [4.78, 5) is 6.13. The van der Waals surface area contributed by atoms with E-state index in [0.717, 1.165) is 37.8 Å². The van der Waals surface area contributed by atoms with Crippen LogP contribution >= 0.6 is 39.5 Å². The van der Waals surface area contributed by atoms with Crippen LogP contribution in [0.3, 0.4) is 0 Å². The fourth-order valence-corrected chi connectivity index (χ4v) is 3.63. The largest absolute Gasteiger partial charge is 0.366 e. The Morgan fingerprint density at radius 1 is 1.41 bits per heavy atom. The number of halogens is 1. The first-order valence-corrected chi connectivity index (χ1v) is 7.64. The van der Waals surface area contributed by atoms with Gasteiger partial charge in [-0.3, -0.25) is 4.90 Å². The van der Waals surface area contributed by atoms with Gasteiger partial charge in [0.25, 0.3) is 0 Å². The highest BCUT2D eigenvalue weighted by molar-refractivity contribution is 9.11. The molecule has 0 amide bonds. The van der Waals surface area contributed by atoms with Crippen LogP contribution in [0.4, 0.5) is 0 Å². The maximum atomic E-state index is 5.24. The Labute approximate surface area is 120 Å². The molecule has 1 aliphatic heterocycles. The Morgan fingerprint density at radius 3 is 2.65 bits per heavy atom. The summed E-state index contributed by atoms with van der Waals surface area (Å²) in [6.45, 7) is 5.25. The minimum absolute atomic E-state index is 0.864. The molecule has 3 nitrogen and oxygen atoms in total. The van der Waals surface area contributed by atoms with E-state index < -0.39 is 0 Å². The van der Waals surface area contributed by atoms with Crippen LogP contribution in [0.5, 0.6) is 0 Å². The smallest absolute Gasteiger partial charge is 0.168 e. The minimum Gasteiger partial charge on any atom is -0.366 e. The molecule has 17 heavy (non-hydrogen) atoms. The second-order valence-electron chi connectivity index (χ2n) is 4.02. The SMILES string of the molecule is CNC(=S)N1CCN(Cc2ccc(Br)s2)CC1. The van der Waals surface area contributed by atoms with Crippen LogP contribution in [0.15, 0.2) is 15.9 Å². The summed E-state index contributed by atoms with van der Waals surface area (Å²) in [7, 11) is 1.89. The number of thiocarbonyl (C=S) groups is 1. The number of rotatable bonds is 2. The predicted molar refractivity (Wildman–Crippen MR) is 80.5 cm³/mol. The lowest BCUT2D eigenvalue weighted by Crippen LogP contribution is -2.50. The molecule has 0 radical (unpaired) electrons. The quantitative estimate of drug-likeness (QED) is 0.835. The van der Waals surface area contributed by atoms with Gasteiger partial charge in [0.2, 0.25) is 0 Å². The fraction of sp³-hybridized carbons (Fsp3) is 0.545. The van der Waals surface area contributed by atoms with Gasteiger partial charge in [-0.1, -0.05) is 0 Å². The maximum absolute atomic E-state index is 5.24. The summed E-state index contributed by atoms with van der Waals surface area (Å²) >= 11 is 10.6. The van der Waals surface area contributed by atoms with Crippen molar-refractivity contribution in [2.45, 2.75) is 6.54 Å². The van der Waals surface area contributed by atoms with Crippen LogP contribution in [0.1, 0.15) is 4.88 Å². The zero-order valence-electron chi connectivity index (χ0n) is 9.78. The van der Waals surface area contributed by atoms with Crippen molar-refractivity contribution in [2.75, 3.05) is 33.2 Å². The zero-order chi connectivity index (χ0) is 12.3. The second-order valence-corrected chi connectivity index (χ2v) is 6.96. The average Bonchev–Trinajstić information content (AvgIpc) is 2.75. The van der Waals surface area contributed by atoms with Gasteiger partial charge in [0.05, 0.1) is 3.79 Å². The molecular formula is C11H16BrN3S2. The summed E-state index contributed by atoms with van der Waals surface area (Å²) in [5.41, 5.74) is 0. The van der Waals surface area contributed by atoms with E-state index in [1.165, 1.54) is 8.66 Å². The number of piperazine rings is 1. The summed E-state index contributed by atoms with van der Waals surface area (Å²) < 4.78 is 1.21. The van der Waals surface area contributed by atoms with E-state index in [2.05, 4.69) is 43.2 Å². The second kappa shape index (κ2) is 6.13. The Kier molecular flexibility index (Phi) is 4.78. The van der Waals surface area contributed by atoms with Crippen LogP contribution in [-0.4, -0.2) is 48.1 Å². The highest BCUT2D eigenvalue weighted by Crippen LogP contribution is 2.23. The van der Waals surface area contributed by atoms with Gasteiger partial charge in [0.15, 0.2) is 5.11 Å². The molecule has 0 atom stereocenters. The molecule has 1 saturated heterocycles. The number of thiophene rings is 1. The first-order chi connectivity index (χ1) is 8.19. The van der Waals surface area contributed by atoms with Gasteiger partial charge in [-0.05, 0) is 40.3 Å². The summed E-state index contributed by atoms with van der Waals surface area (Å²) in [5, 5.41) is 3.90. The van der Waals surface area contributed by atoms with Crippen molar-refractivity contribution in [1.29, 1.82) is 0 Å². The Balaban J connectivity index is 1.81. The Hall–Kier alpha value is -0.170. The Morgan fingerprint density at radius 2 is 2.12 bits per heavy atom. The monoisotopic (exact) mass is 333 g/mol. The third-order valence-corrected chi connectivity index (χ3v) is 4.95. The van der Waals surface area contributed by atoms with E-state index in [-0.39, 0.29) is 0 Å². The van der Waals surface area contributed by atoms with Crippen LogP contribution < -0.4 is 5.32 Å². The van der Waals surface area contributed by atoms with Gasteiger partial charge < -0.3 is 10.2 Å². The third kappa shape index (κ3) is 3.64. The van der Waals surface area contributed by atoms with Crippen molar-refractivity contribution in [3.8, 4) is 0 Å². The van der Waals surface area contributed by atoms with Crippen LogP contribution in [0, 0.1) is 0 Å². The predicted octanol–water partition coefficient (Wildman–Crippen LogP) is 2.13. The van der Waals surface area contributed by atoms with Gasteiger partial charge in [0, 0.05) is 44.6 Å². The average molecular weight is 334 g/mol. The van der Waals surface area contributed by atoms with E-state index >= 15 is 0 Å². The van der Waals surface area contributed by atoms with Gasteiger partial charge >= 0.3 is 0 Å². The van der Waals surface area contributed by atoms with Crippen LogP contribution in [-0.2, 0) is 6.54 Å². The fourth-order valence-electron chi connectivity index (χ4n) is 1.92. The number of hydrogen-bond donors (Lipinski definition) is 1. The van der Waals surface area contributed by atoms with Crippen LogP contribution in [0.2, 0.25) is 0 Å². The molecule has 1 fully saturated rings. The molecule has 6 heteroatoms. The van der Waals surface area contributed by atoms with E-state index in [1.807, 2.05) is 18.4 Å². The highest BCUT2D eigenvalue weighted by atomic mass is 79.9. The molecule has 2 rings (SSSR count). The topological polar surface area (TPSA) is 18.5 Å². The molecule has 0 bridgehead atoms. The summed E-state index contributed by atoms with van der Waals surface area (Å²) in [6, 6.07) is 4.31. The lowest BCUT2D eigenvalue weighted by molar-refractivity contribution is 0.176. The Bertz CT molecular complexity index is 386. The van der Waals surface area contributed by atoms with E-state index in [9.17, 15) is 0 Å². The maximum Gasteiger partial charge on any atom is 0.168 e. The normalized spacial score (nSPS) is 17.2. The van der Waals surface area contributed by atoms with Gasteiger partial charge in [-0.15, -0.1) is 11.3 Å². The summed E-state index contributed by atoms with van der Waals surface area (Å²) in [6.07, 6.45) is 0. The van der Waals surface area contributed by atoms with Crippen molar-refractivity contribution >= 4 is 44.6 Å². The molecule has 94 valence electrons. The molecule has 0 aliphatic carbocycles. The molecule has 1 aromatic rings. The molecule has 1 aromatic heterocycles. The molecule has 2 heterocycles. The molecule has 0 spiro atoms. The van der Waals surface area contributed by atoms with Crippen molar-refractivity contribution in [3.63, 3.8) is 0 Å². The van der Waals surface area contributed by atoms with Crippen molar-refractivity contribution < 1.29 is 0 Å². The van der Waals surface area contributed by atoms with Gasteiger partial charge in [-0.25, -0.2) is 0 Å². The number of hydrogen-bond acceptors (Lipinski definition) is 3. The van der Waals surface area contributed by atoms with E-state index in [4.69, 9.17) is 12.2 Å².